The molecule has 1 saturated heterocycles. The van der Waals surface area contributed by atoms with E-state index in [1.807, 2.05) is 19.9 Å². The van der Waals surface area contributed by atoms with Gasteiger partial charge in [-0.3, -0.25) is 9.59 Å². The molecular weight excluding hydrogens is 416 g/mol. The Morgan fingerprint density at radius 2 is 1.88 bits per heavy atom. The molecule has 3 aliphatic rings. The minimum atomic E-state index is -0.860. The van der Waals surface area contributed by atoms with E-state index >= 15 is 0 Å². The van der Waals surface area contributed by atoms with Gasteiger partial charge in [-0.05, 0) is 20.3 Å². The van der Waals surface area contributed by atoms with Crippen LogP contribution in [0, 0.1) is 17.3 Å². The second kappa shape index (κ2) is 8.56. The molecule has 1 saturated carbocycles. The highest BCUT2D eigenvalue weighted by Gasteiger charge is 2.62. The number of fused-ring (bicyclic) bond motifs is 3. The molecule has 1 heterocycles. The van der Waals surface area contributed by atoms with Gasteiger partial charge in [0, 0.05) is 37.2 Å². The van der Waals surface area contributed by atoms with Crippen molar-refractivity contribution in [3.63, 3.8) is 0 Å². The van der Waals surface area contributed by atoms with E-state index < -0.39 is 59.6 Å². The normalized spacial score (nSPS) is 34.3. The summed E-state index contributed by atoms with van der Waals surface area (Å²) in [5.41, 5.74) is 0.628. The number of hydrogen-bond donors (Lipinski definition) is 0. The number of ether oxygens (including phenoxy) is 4. The van der Waals surface area contributed by atoms with E-state index in [0.29, 0.717) is 12.8 Å². The Kier molecular flexibility index (Phi) is 6.36. The summed E-state index contributed by atoms with van der Waals surface area (Å²) >= 11 is 0. The molecule has 0 radical (unpaired) electrons. The molecular formula is C24H30O8. The largest absolute Gasteiger partial charge is 0.462 e. The standard InChI is InChI=1S/C24H30O8/c1-11-8-9-18(30-16(6)26)24(7)10-17(19-13(3)23(28)32-21(19)20(11)24)31-22(27)12(2)14(4)29-15(5)25/h8,14,17-21H,2-3,9-10H2,1,4-7H3/t14-,17?,18+,19?,20+,21-,24-/m0/s1. The van der Waals surface area contributed by atoms with Crippen molar-refractivity contribution in [2.24, 2.45) is 17.3 Å². The molecule has 32 heavy (non-hydrogen) atoms. The van der Waals surface area contributed by atoms with Crippen LogP contribution in [0.5, 0.6) is 0 Å². The van der Waals surface area contributed by atoms with Gasteiger partial charge in [0.1, 0.15) is 24.4 Å². The van der Waals surface area contributed by atoms with Crippen LogP contribution in [0.2, 0.25) is 0 Å². The van der Waals surface area contributed by atoms with Crippen molar-refractivity contribution in [1.82, 2.24) is 0 Å². The number of hydrogen-bond acceptors (Lipinski definition) is 8. The maximum Gasteiger partial charge on any atom is 0.337 e. The van der Waals surface area contributed by atoms with Gasteiger partial charge in [0.15, 0.2) is 0 Å². The van der Waals surface area contributed by atoms with E-state index in [1.54, 1.807) is 0 Å². The van der Waals surface area contributed by atoms with Crippen LogP contribution in [0.15, 0.2) is 36.0 Å². The zero-order chi connectivity index (χ0) is 24.0. The van der Waals surface area contributed by atoms with Gasteiger partial charge in [0.25, 0.3) is 0 Å². The fraction of sp³-hybridized carbons (Fsp3) is 0.583. The Hall–Kier alpha value is -2.90. The highest BCUT2D eigenvalue weighted by Crippen LogP contribution is 2.57. The van der Waals surface area contributed by atoms with Crippen LogP contribution in [0.3, 0.4) is 0 Å². The molecule has 0 aromatic rings. The summed E-state index contributed by atoms with van der Waals surface area (Å²) in [6.07, 6.45) is 0.173. The summed E-state index contributed by atoms with van der Waals surface area (Å²) in [5, 5.41) is 0. The number of rotatable bonds is 5. The molecule has 2 fully saturated rings. The van der Waals surface area contributed by atoms with Gasteiger partial charge in [-0.1, -0.05) is 31.7 Å². The van der Waals surface area contributed by atoms with Gasteiger partial charge in [-0.15, -0.1) is 0 Å². The zero-order valence-corrected chi connectivity index (χ0v) is 19.1. The van der Waals surface area contributed by atoms with Crippen molar-refractivity contribution in [3.8, 4) is 0 Å². The Balaban J connectivity index is 1.94. The summed E-state index contributed by atoms with van der Waals surface area (Å²) in [5.74, 6) is -2.97. The van der Waals surface area contributed by atoms with Crippen molar-refractivity contribution >= 4 is 23.9 Å². The van der Waals surface area contributed by atoms with E-state index in [2.05, 4.69) is 13.2 Å². The lowest BCUT2D eigenvalue weighted by Crippen LogP contribution is -2.58. The first kappa shape index (κ1) is 23.8. The fourth-order valence-electron chi connectivity index (χ4n) is 5.38. The summed E-state index contributed by atoms with van der Waals surface area (Å²) in [7, 11) is 0. The fourth-order valence-corrected chi connectivity index (χ4v) is 5.38. The average molecular weight is 446 g/mol. The first-order valence-electron chi connectivity index (χ1n) is 10.7. The Morgan fingerprint density at radius 3 is 2.47 bits per heavy atom. The molecule has 0 N–H and O–H groups in total. The van der Waals surface area contributed by atoms with Crippen LogP contribution in [-0.2, 0) is 38.1 Å². The predicted octanol–water partition coefficient (Wildman–Crippen LogP) is 2.81. The number of carbonyl (C=O) groups excluding carboxylic acids is 4. The highest BCUT2D eigenvalue weighted by molar-refractivity contribution is 5.92. The van der Waals surface area contributed by atoms with Gasteiger partial charge in [0.2, 0.25) is 0 Å². The Morgan fingerprint density at radius 1 is 1.22 bits per heavy atom. The van der Waals surface area contributed by atoms with Crippen LogP contribution < -0.4 is 0 Å². The third-order valence-electron chi connectivity index (χ3n) is 6.88. The molecule has 7 atom stereocenters. The van der Waals surface area contributed by atoms with Crippen molar-refractivity contribution in [2.45, 2.75) is 71.9 Å². The van der Waals surface area contributed by atoms with Crippen LogP contribution in [0.25, 0.3) is 0 Å². The van der Waals surface area contributed by atoms with Crippen LogP contribution in [0.4, 0.5) is 0 Å². The van der Waals surface area contributed by atoms with Crippen LogP contribution in [0.1, 0.15) is 47.5 Å². The van der Waals surface area contributed by atoms with E-state index in [4.69, 9.17) is 18.9 Å². The molecule has 0 spiro atoms. The molecule has 174 valence electrons. The quantitative estimate of drug-likeness (QED) is 0.275. The van der Waals surface area contributed by atoms with Gasteiger partial charge < -0.3 is 18.9 Å². The SMILES string of the molecule is C=C1C(=O)O[C@H]2C1C(OC(=O)C(=C)[C@H](C)OC(C)=O)C[C@]1(C)[C@@H]2C(C)=CC[C@H]1OC(C)=O. The Labute approximate surface area is 187 Å². The van der Waals surface area contributed by atoms with Crippen molar-refractivity contribution in [3.05, 3.63) is 36.0 Å². The topological polar surface area (TPSA) is 105 Å². The monoisotopic (exact) mass is 446 g/mol. The van der Waals surface area contributed by atoms with E-state index in [0.717, 1.165) is 5.57 Å². The smallest absolute Gasteiger partial charge is 0.337 e. The molecule has 0 aromatic carbocycles. The minimum absolute atomic E-state index is 0.0175. The van der Waals surface area contributed by atoms with Crippen molar-refractivity contribution < 1.29 is 38.1 Å². The molecule has 2 aliphatic carbocycles. The van der Waals surface area contributed by atoms with Crippen molar-refractivity contribution in [1.29, 1.82) is 0 Å². The molecule has 8 heteroatoms. The first-order valence-corrected chi connectivity index (χ1v) is 10.7. The van der Waals surface area contributed by atoms with Crippen molar-refractivity contribution in [2.75, 3.05) is 0 Å². The molecule has 1 aliphatic heterocycles. The number of carbonyl (C=O) groups is 4. The summed E-state index contributed by atoms with van der Waals surface area (Å²) < 4.78 is 22.2. The average Bonchev–Trinajstić information content (AvgIpc) is 2.97. The number of esters is 4. The zero-order valence-electron chi connectivity index (χ0n) is 19.1. The van der Waals surface area contributed by atoms with E-state index in [-0.39, 0.29) is 17.1 Å². The lowest BCUT2D eigenvalue weighted by molar-refractivity contribution is -0.185. The van der Waals surface area contributed by atoms with Crippen LogP contribution >= 0.6 is 0 Å². The first-order chi connectivity index (χ1) is 14.9. The van der Waals surface area contributed by atoms with Gasteiger partial charge >= 0.3 is 23.9 Å². The molecule has 8 nitrogen and oxygen atoms in total. The predicted molar refractivity (Wildman–Crippen MR) is 113 cm³/mol. The molecule has 3 rings (SSSR count). The molecule has 2 unspecified atom stereocenters. The Bertz CT molecular complexity index is 915. The van der Waals surface area contributed by atoms with Gasteiger partial charge in [-0.2, -0.15) is 0 Å². The lowest BCUT2D eigenvalue weighted by Gasteiger charge is -2.54. The summed E-state index contributed by atoms with van der Waals surface area (Å²) in [4.78, 5) is 48.3. The third-order valence-corrected chi connectivity index (χ3v) is 6.88. The lowest BCUT2D eigenvalue weighted by atomic mass is 9.54. The maximum atomic E-state index is 12.8. The van der Waals surface area contributed by atoms with Crippen LogP contribution in [-0.4, -0.2) is 48.3 Å². The summed E-state index contributed by atoms with van der Waals surface area (Å²) in [6.45, 7) is 15.6. The second-order valence-corrected chi connectivity index (χ2v) is 9.11. The second-order valence-electron chi connectivity index (χ2n) is 9.11. The van der Waals surface area contributed by atoms with Gasteiger partial charge in [-0.25, -0.2) is 9.59 Å². The minimum Gasteiger partial charge on any atom is -0.462 e. The maximum absolute atomic E-state index is 12.8. The molecule has 0 aromatic heterocycles. The molecule has 0 amide bonds. The van der Waals surface area contributed by atoms with Gasteiger partial charge in [0.05, 0.1) is 11.5 Å². The van der Waals surface area contributed by atoms with E-state index in [9.17, 15) is 19.2 Å². The van der Waals surface area contributed by atoms with E-state index in [1.165, 1.54) is 20.8 Å². The molecule has 0 bridgehead atoms. The third kappa shape index (κ3) is 4.10. The highest BCUT2D eigenvalue weighted by atomic mass is 16.6. The summed E-state index contributed by atoms with van der Waals surface area (Å²) in [6, 6.07) is 0.